The molecule has 7 nitrogen and oxygen atoms in total. The second-order valence-corrected chi connectivity index (χ2v) is 10.4. The Hall–Kier alpha value is -4.28. The number of hydrogen-bond acceptors (Lipinski definition) is 6. The SMILES string of the molecule is CCN(CC)CCN(CCOc1ccc(/C=N/NC(=O)c2ccc(O)c(Cl)c2)c2ccccc12)c1ccc(C(F)(F)F)cc1. The Morgan fingerprint density at radius 3 is 2.32 bits per heavy atom. The molecule has 0 saturated carbocycles. The van der Waals surface area contributed by atoms with Crippen LogP contribution in [0.4, 0.5) is 18.9 Å². The molecule has 0 fully saturated rings. The molecular weight excluding hydrogens is 593 g/mol. The number of carbonyl (C=O) groups is 1. The van der Waals surface area contributed by atoms with Crippen LogP contribution < -0.4 is 15.1 Å². The first-order valence-corrected chi connectivity index (χ1v) is 14.6. The van der Waals surface area contributed by atoms with Gasteiger partial charge in [-0.2, -0.15) is 18.3 Å². The number of phenols is 1. The highest BCUT2D eigenvalue weighted by molar-refractivity contribution is 6.32. The summed E-state index contributed by atoms with van der Waals surface area (Å²) in [6, 6.07) is 20.6. The van der Waals surface area contributed by atoms with Crippen molar-refractivity contribution in [3.63, 3.8) is 0 Å². The van der Waals surface area contributed by atoms with Gasteiger partial charge in [-0.25, -0.2) is 5.43 Å². The van der Waals surface area contributed by atoms with Crippen LogP contribution in [0.1, 0.15) is 35.3 Å². The molecule has 4 rings (SSSR count). The lowest BCUT2D eigenvalue weighted by Gasteiger charge is -2.28. The van der Waals surface area contributed by atoms with Crippen LogP contribution in [-0.2, 0) is 6.18 Å². The van der Waals surface area contributed by atoms with Crippen molar-refractivity contribution in [2.45, 2.75) is 20.0 Å². The molecule has 0 atom stereocenters. The van der Waals surface area contributed by atoms with E-state index in [1.54, 1.807) is 0 Å². The number of fused-ring (bicyclic) bond motifs is 1. The second-order valence-electron chi connectivity index (χ2n) is 9.97. The van der Waals surface area contributed by atoms with Gasteiger partial charge in [0.2, 0.25) is 0 Å². The zero-order valence-corrected chi connectivity index (χ0v) is 25.2. The third-order valence-electron chi connectivity index (χ3n) is 7.26. The van der Waals surface area contributed by atoms with Crippen molar-refractivity contribution in [2.24, 2.45) is 5.10 Å². The zero-order valence-electron chi connectivity index (χ0n) is 24.4. The van der Waals surface area contributed by atoms with Gasteiger partial charge in [-0.3, -0.25) is 4.79 Å². The number of phenolic OH excluding ortho intramolecular Hbond substituents is 1. The summed E-state index contributed by atoms with van der Waals surface area (Å²) in [5.74, 6) is 0.0510. The summed E-state index contributed by atoms with van der Waals surface area (Å²) in [7, 11) is 0. The topological polar surface area (TPSA) is 77.4 Å². The average Bonchev–Trinajstić information content (AvgIpc) is 3.02. The molecule has 0 saturated heterocycles. The Balaban J connectivity index is 1.46. The molecule has 0 radical (unpaired) electrons. The maximum Gasteiger partial charge on any atom is 0.416 e. The van der Waals surface area contributed by atoms with Gasteiger partial charge in [0, 0.05) is 35.3 Å². The van der Waals surface area contributed by atoms with E-state index in [4.69, 9.17) is 16.3 Å². The monoisotopic (exact) mass is 626 g/mol. The Morgan fingerprint density at radius 2 is 1.66 bits per heavy atom. The van der Waals surface area contributed by atoms with Gasteiger partial charge in [-0.1, -0.05) is 49.7 Å². The van der Waals surface area contributed by atoms with Gasteiger partial charge >= 0.3 is 6.18 Å². The molecule has 0 unspecified atom stereocenters. The predicted molar refractivity (Wildman–Crippen MR) is 169 cm³/mol. The second kappa shape index (κ2) is 14.9. The molecule has 2 N–H and O–H groups in total. The van der Waals surface area contributed by atoms with E-state index >= 15 is 0 Å². The normalized spacial score (nSPS) is 11.8. The van der Waals surface area contributed by atoms with Crippen LogP contribution in [-0.4, -0.2) is 61.5 Å². The molecule has 0 aliphatic rings. The van der Waals surface area contributed by atoms with Crippen LogP contribution in [0.5, 0.6) is 11.5 Å². The minimum Gasteiger partial charge on any atom is -0.506 e. The minimum atomic E-state index is -4.39. The molecule has 0 spiro atoms. The van der Waals surface area contributed by atoms with Crippen molar-refractivity contribution in [1.82, 2.24) is 10.3 Å². The molecular formula is C33H34ClF3N4O3. The number of alkyl halides is 3. The van der Waals surface area contributed by atoms with Crippen molar-refractivity contribution in [3.05, 3.63) is 101 Å². The number of carbonyl (C=O) groups excluding carboxylic acids is 1. The van der Waals surface area contributed by atoms with Crippen LogP contribution >= 0.6 is 11.6 Å². The van der Waals surface area contributed by atoms with Gasteiger partial charge in [0.05, 0.1) is 23.3 Å². The highest BCUT2D eigenvalue weighted by Gasteiger charge is 2.30. The largest absolute Gasteiger partial charge is 0.506 e. The van der Waals surface area contributed by atoms with E-state index in [0.29, 0.717) is 31.1 Å². The maximum atomic E-state index is 13.1. The number of nitrogens with one attached hydrogen (secondary N) is 1. The van der Waals surface area contributed by atoms with Gasteiger partial charge in [0.15, 0.2) is 0 Å². The molecule has 11 heteroatoms. The van der Waals surface area contributed by atoms with Crippen LogP contribution in [0.2, 0.25) is 5.02 Å². The van der Waals surface area contributed by atoms with Crippen molar-refractivity contribution in [3.8, 4) is 11.5 Å². The molecule has 0 aliphatic heterocycles. The van der Waals surface area contributed by atoms with Crippen LogP contribution in [0.15, 0.2) is 84.0 Å². The molecule has 44 heavy (non-hydrogen) atoms. The first-order chi connectivity index (χ1) is 21.1. The third kappa shape index (κ3) is 8.42. The molecule has 0 aliphatic carbocycles. The highest BCUT2D eigenvalue weighted by Crippen LogP contribution is 2.31. The summed E-state index contributed by atoms with van der Waals surface area (Å²) < 4.78 is 45.6. The summed E-state index contributed by atoms with van der Waals surface area (Å²) in [5.41, 5.74) is 3.48. The summed E-state index contributed by atoms with van der Waals surface area (Å²) in [6.07, 6.45) is -2.86. The predicted octanol–water partition coefficient (Wildman–Crippen LogP) is 7.21. The number of nitrogens with zero attached hydrogens (tertiary/aromatic N) is 3. The number of rotatable bonds is 13. The fourth-order valence-corrected chi connectivity index (χ4v) is 4.89. The minimum absolute atomic E-state index is 0.0644. The smallest absolute Gasteiger partial charge is 0.416 e. The van der Waals surface area contributed by atoms with E-state index in [1.165, 1.54) is 36.5 Å². The summed E-state index contributed by atoms with van der Waals surface area (Å²) in [5, 5.41) is 15.4. The summed E-state index contributed by atoms with van der Waals surface area (Å²) in [4.78, 5) is 16.7. The first-order valence-electron chi connectivity index (χ1n) is 14.2. The number of benzene rings is 4. The van der Waals surface area contributed by atoms with Crippen molar-refractivity contribution < 1.29 is 27.8 Å². The van der Waals surface area contributed by atoms with E-state index in [-0.39, 0.29) is 16.3 Å². The van der Waals surface area contributed by atoms with Gasteiger partial charge < -0.3 is 19.6 Å². The number of amides is 1. The Labute approximate surface area is 259 Å². The number of ether oxygens (including phenoxy) is 1. The van der Waals surface area contributed by atoms with Gasteiger partial charge in [0.25, 0.3) is 5.91 Å². The first kappa shape index (κ1) is 32.6. The van der Waals surface area contributed by atoms with Crippen molar-refractivity contribution in [2.75, 3.05) is 44.2 Å². The fraction of sp³-hybridized carbons (Fsp3) is 0.273. The van der Waals surface area contributed by atoms with Crippen molar-refractivity contribution in [1.29, 1.82) is 0 Å². The number of hydrogen-bond donors (Lipinski definition) is 2. The molecule has 0 heterocycles. The van der Waals surface area contributed by atoms with E-state index in [9.17, 15) is 23.1 Å². The molecule has 232 valence electrons. The number of hydrazone groups is 1. The van der Waals surface area contributed by atoms with E-state index < -0.39 is 17.6 Å². The highest BCUT2D eigenvalue weighted by atomic mass is 35.5. The Morgan fingerprint density at radius 1 is 0.955 bits per heavy atom. The molecule has 4 aromatic rings. The number of halogens is 4. The van der Waals surface area contributed by atoms with Crippen molar-refractivity contribution >= 4 is 40.2 Å². The zero-order chi connectivity index (χ0) is 31.7. The fourth-order valence-electron chi connectivity index (χ4n) is 4.71. The Bertz CT molecular complexity index is 1590. The van der Waals surface area contributed by atoms with Crippen LogP contribution in [0.25, 0.3) is 10.8 Å². The average molecular weight is 627 g/mol. The molecule has 0 bridgehead atoms. The Kier molecular flexibility index (Phi) is 11.1. The molecule has 1 amide bonds. The lowest BCUT2D eigenvalue weighted by atomic mass is 10.0. The van der Waals surface area contributed by atoms with E-state index in [1.807, 2.05) is 41.3 Å². The standard InChI is InChI=1S/C33H34ClF3N4O3/c1-3-40(4-2)17-18-41(26-13-11-25(12-14-26)33(35,36)37)19-20-44-31-16-10-24(27-7-5-6-8-28(27)31)22-38-39-32(43)23-9-15-30(42)29(34)21-23/h5-16,21-22,42H,3-4,17-20H2,1-2H3,(H,39,43)/b38-22+. The number of anilines is 1. The third-order valence-corrected chi connectivity index (χ3v) is 7.56. The van der Waals surface area contributed by atoms with Crippen LogP contribution in [0.3, 0.4) is 0 Å². The summed E-state index contributed by atoms with van der Waals surface area (Å²) >= 11 is 5.89. The van der Waals surface area contributed by atoms with E-state index in [0.717, 1.165) is 48.1 Å². The molecule has 0 aromatic heterocycles. The lowest BCUT2D eigenvalue weighted by Crippen LogP contribution is -2.37. The molecule has 4 aromatic carbocycles. The van der Waals surface area contributed by atoms with Gasteiger partial charge in [0.1, 0.15) is 18.1 Å². The van der Waals surface area contributed by atoms with E-state index in [2.05, 4.69) is 29.3 Å². The van der Waals surface area contributed by atoms with Gasteiger partial charge in [-0.05, 0) is 73.1 Å². The van der Waals surface area contributed by atoms with Crippen LogP contribution in [0, 0.1) is 0 Å². The quantitative estimate of drug-likeness (QED) is 0.121. The number of aromatic hydroxyl groups is 1. The number of likely N-dealkylation sites (N-methyl/N-ethyl adjacent to an activating group) is 1. The lowest BCUT2D eigenvalue weighted by molar-refractivity contribution is -0.137. The van der Waals surface area contributed by atoms with Gasteiger partial charge in [-0.15, -0.1) is 0 Å². The maximum absolute atomic E-state index is 13.1. The summed E-state index contributed by atoms with van der Waals surface area (Å²) in [6.45, 7) is 8.09.